The van der Waals surface area contributed by atoms with E-state index in [1.165, 1.54) is 12.1 Å². The Kier molecular flexibility index (Phi) is 11.4. The first-order valence-electron chi connectivity index (χ1n) is 10.3. The highest BCUT2D eigenvalue weighted by molar-refractivity contribution is 6.04. The fourth-order valence-corrected chi connectivity index (χ4v) is 3.14. The highest BCUT2D eigenvalue weighted by Crippen LogP contribution is 2.32. The zero-order valence-corrected chi connectivity index (χ0v) is 17.6. The van der Waals surface area contributed by atoms with Crippen LogP contribution in [0, 0.1) is 0 Å². The topological polar surface area (TPSA) is 86.6 Å². The second kappa shape index (κ2) is 13.5. The molecule has 1 atom stereocenters. The molecule has 0 aliphatic rings. The third kappa shape index (κ3) is 7.70. The van der Waals surface area contributed by atoms with E-state index < -0.39 is 11.9 Å². The SMILES string of the molecule is CCCCCC(C(=O)c1ccccc1O)c1ccccc1C(=O)O.CCNCC. The van der Waals surface area contributed by atoms with E-state index in [9.17, 15) is 19.8 Å². The average molecular weight is 400 g/mol. The van der Waals surface area contributed by atoms with Crippen LogP contribution in [-0.2, 0) is 0 Å². The zero-order valence-electron chi connectivity index (χ0n) is 17.6. The third-order valence-electron chi connectivity index (χ3n) is 4.65. The molecule has 0 radical (unpaired) electrons. The van der Waals surface area contributed by atoms with Gasteiger partial charge in [0.25, 0.3) is 0 Å². The summed E-state index contributed by atoms with van der Waals surface area (Å²) in [5.74, 6) is -1.93. The van der Waals surface area contributed by atoms with Gasteiger partial charge in [0.05, 0.1) is 11.1 Å². The molecule has 0 aliphatic heterocycles. The van der Waals surface area contributed by atoms with Gasteiger partial charge in [-0.2, -0.15) is 0 Å². The number of carbonyl (C=O) groups excluding carboxylic acids is 1. The predicted octanol–water partition coefficient (Wildman–Crippen LogP) is 5.25. The molecule has 158 valence electrons. The molecular weight excluding hydrogens is 366 g/mol. The zero-order chi connectivity index (χ0) is 21.6. The lowest BCUT2D eigenvalue weighted by molar-refractivity contribution is 0.0695. The molecule has 5 heteroatoms. The van der Waals surface area contributed by atoms with Crippen molar-refractivity contribution >= 4 is 11.8 Å². The first-order chi connectivity index (χ1) is 14.0. The first kappa shape index (κ1) is 24.4. The largest absolute Gasteiger partial charge is 0.507 e. The summed E-state index contributed by atoms with van der Waals surface area (Å²) < 4.78 is 0. The van der Waals surface area contributed by atoms with E-state index in [0.717, 1.165) is 32.4 Å². The minimum Gasteiger partial charge on any atom is -0.507 e. The fraction of sp³-hybridized carbons (Fsp3) is 0.417. The van der Waals surface area contributed by atoms with Crippen LogP contribution in [0.2, 0.25) is 0 Å². The molecule has 2 aromatic carbocycles. The summed E-state index contributed by atoms with van der Waals surface area (Å²) in [5, 5.41) is 22.5. The molecule has 3 N–H and O–H groups in total. The number of aromatic carboxylic acids is 1. The highest BCUT2D eigenvalue weighted by atomic mass is 16.4. The summed E-state index contributed by atoms with van der Waals surface area (Å²) in [6, 6.07) is 13.0. The smallest absolute Gasteiger partial charge is 0.335 e. The summed E-state index contributed by atoms with van der Waals surface area (Å²) in [4.78, 5) is 24.5. The minimum atomic E-state index is -1.05. The Balaban J connectivity index is 0.000000749. The van der Waals surface area contributed by atoms with Crippen LogP contribution in [0.3, 0.4) is 0 Å². The van der Waals surface area contributed by atoms with Crippen LogP contribution in [-0.4, -0.2) is 35.1 Å². The molecule has 0 saturated carbocycles. The molecule has 2 rings (SSSR count). The number of aromatic hydroxyl groups is 1. The van der Waals surface area contributed by atoms with E-state index in [2.05, 4.69) is 26.1 Å². The number of hydrogen-bond acceptors (Lipinski definition) is 4. The molecular formula is C24H33NO4. The third-order valence-corrected chi connectivity index (χ3v) is 4.65. The Hall–Kier alpha value is -2.66. The van der Waals surface area contributed by atoms with E-state index >= 15 is 0 Å². The maximum atomic E-state index is 13.0. The van der Waals surface area contributed by atoms with Crippen molar-refractivity contribution in [1.82, 2.24) is 5.32 Å². The maximum Gasteiger partial charge on any atom is 0.335 e. The summed E-state index contributed by atoms with van der Waals surface area (Å²) in [5.41, 5.74) is 0.885. The summed E-state index contributed by atoms with van der Waals surface area (Å²) in [6.07, 6.45) is 3.37. The quantitative estimate of drug-likeness (QED) is 0.375. The summed E-state index contributed by atoms with van der Waals surface area (Å²) in [7, 11) is 0. The van der Waals surface area contributed by atoms with Crippen LogP contribution < -0.4 is 5.32 Å². The number of nitrogens with one attached hydrogen (secondary N) is 1. The number of phenolic OH excluding ortho intramolecular Hbond substituents is 1. The van der Waals surface area contributed by atoms with E-state index in [0.29, 0.717) is 12.0 Å². The predicted molar refractivity (Wildman–Crippen MR) is 117 cm³/mol. The number of carboxylic acid groups (broad SMARTS) is 1. The van der Waals surface area contributed by atoms with Crippen LogP contribution in [0.1, 0.15) is 78.7 Å². The van der Waals surface area contributed by atoms with E-state index in [1.807, 2.05) is 0 Å². The van der Waals surface area contributed by atoms with Crippen molar-refractivity contribution < 1.29 is 19.8 Å². The van der Waals surface area contributed by atoms with Crippen molar-refractivity contribution in [2.45, 2.75) is 52.4 Å². The number of unbranched alkanes of at least 4 members (excludes halogenated alkanes) is 2. The standard InChI is InChI=1S/C20H22O4.C4H11N/c1-2-3-4-10-15(14-9-5-6-11-16(14)20(23)24)19(22)17-12-7-8-13-18(17)21;1-3-5-4-2/h5-9,11-13,15,21H,2-4,10H2,1H3,(H,23,24);5H,3-4H2,1-2H3. The monoisotopic (exact) mass is 399 g/mol. The molecule has 2 aromatic rings. The molecule has 0 heterocycles. The lowest BCUT2D eigenvalue weighted by Crippen LogP contribution is -2.17. The van der Waals surface area contributed by atoms with E-state index in [-0.39, 0.29) is 22.7 Å². The van der Waals surface area contributed by atoms with E-state index in [1.54, 1.807) is 36.4 Å². The lowest BCUT2D eigenvalue weighted by Gasteiger charge is -2.19. The van der Waals surface area contributed by atoms with Gasteiger partial charge in [0.15, 0.2) is 5.78 Å². The highest BCUT2D eigenvalue weighted by Gasteiger charge is 2.27. The van der Waals surface area contributed by atoms with Gasteiger partial charge in [-0.05, 0) is 43.3 Å². The number of para-hydroxylation sites is 1. The van der Waals surface area contributed by atoms with Crippen LogP contribution in [0.5, 0.6) is 5.75 Å². The second-order valence-corrected chi connectivity index (χ2v) is 6.78. The first-order valence-corrected chi connectivity index (χ1v) is 10.3. The van der Waals surface area contributed by atoms with Gasteiger partial charge in [0.1, 0.15) is 5.75 Å². The second-order valence-electron chi connectivity index (χ2n) is 6.78. The maximum absolute atomic E-state index is 13.0. The molecule has 5 nitrogen and oxygen atoms in total. The van der Waals surface area contributed by atoms with Gasteiger partial charge in [-0.15, -0.1) is 0 Å². The molecule has 0 aliphatic carbocycles. The Bertz CT molecular complexity index is 771. The molecule has 0 bridgehead atoms. The molecule has 0 amide bonds. The molecule has 0 fully saturated rings. The van der Waals surface area contributed by atoms with Crippen LogP contribution in [0.25, 0.3) is 0 Å². The molecule has 0 aromatic heterocycles. The van der Waals surface area contributed by atoms with Crippen molar-refractivity contribution in [3.8, 4) is 5.75 Å². The van der Waals surface area contributed by atoms with Crippen LogP contribution in [0.4, 0.5) is 0 Å². The van der Waals surface area contributed by atoms with Gasteiger partial charge < -0.3 is 15.5 Å². The number of hydrogen-bond donors (Lipinski definition) is 3. The van der Waals surface area contributed by atoms with Crippen molar-refractivity contribution in [2.24, 2.45) is 0 Å². The van der Waals surface area contributed by atoms with Crippen molar-refractivity contribution in [3.05, 3.63) is 65.2 Å². The summed E-state index contributed by atoms with van der Waals surface area (Å²) >= 11 is 0. The summed E-state index contributed by atoms with van der Waals surface area (Å²) in [6.45, 7) is 8.46. The van der Waals surface area contributed by atoms with Crippen LogP contribution >= 0.6 is 0 Å². The minimum absolute atomic E-state index is 0.0733. The molecule has 0 saturated heterocycles. The number of carboxylic acids is 1. The van der Waals surface area contributed by atoms with Gasteiger partial charge in [0.2, 0.25) is 0 Å². The van der Waals surface area contributed by atoms with E-state index in [4.69, 9.17) is 0 Å². The van der Waals surface area contributed by atoms with Gasteiger partial charge in [-0.3, -0.25) is 4.79 Å². The van der Waals surface area contributed by atoms with Gasteiger partial charge >= 0.3 is 5.97 Å². The van der Waals surface area contributed by atoms with Gasteiger partial charge in [-0.1, -0.05) is 70.4 Å². The van der Waals surface area contributed by atoms with Crippen LogP contribution in [0.15, 0.2) is 48.5 Å². The number of benzene rings is 2. The van der Waals surface area contributed by atoms with Crippen molar-refractivity contribution in [2.75, 3.05) is 13.1 Å². The number of Topliss-reactive ketones (excluding diaryl/α,β-unsaturated/α-hetero) is 1. The Morgan fingerprint density at radius 2 is 1.48 bits per heavy atom. The number of phenols is 1. The Morgan fingerprint density at radius 1 is 0.897 bits per heavy atom. The van der Waals surface area contributed by atoms with Crippen molar-refractivity contribution in [3.63, 3.8) is 0 Å². The average Bonchev–Trinajstić information content (AvgIpc) is 2.72. The fourth-order valence-electron chi connectivity index (χ4n) is 3.14. The Morgan fingerprint density at radius 3 is 2.00 bits per heavy atom. The Labute approximate surface area is 173 Å². The number of ketones is 1. The molecule has 0 spiro atoms. The lowest BCUT2D eigenvalue weighted by atomic mass is 9.84. The number of carbonyl (C=O) groups is 2. The molecule has 1 unspecified atom stereocenters. The molecule has 29 heavy (non-hydrogen) atoms. The normalized spacial score (nSPS) is 11.3. The van der Waals surface area contributed by atoms with Crippen molar-refractivity contribution in [1.29, 1.82) is 0 Å². The van der Waals surface area contributed by atoms with Gasteiger partial charge in [0, 0.05) is 5.92 Å². The number of rotatable bonds is 10. The van der Waals surface area contributed by atoms with Gasteiger partial charge in [-0.25, -0.2) is 4.79 Å².